The number of nitrogens with one attached hydrogen (secondary N) is 1. The van der Waals surface area contributed by atoms with E-state index < -0.39 is 0 Å². The predicted molar refractivity (Wildman–Crippen MR) is 114 cm³/mol. The van der Waals surface area contributed by atoms with Gasteiger partial charge in [0.25, 0.3) is 0 Å². The number of benzene rings is 2. The lowest BCUT2D eigenvalue weighted by atomic mass is 10.1. The van der Waals surface area contributed by atoms with Gasteiger partial charge in [0.1, 0.15) is 11.5 Å². The average Bonchev–Trinajstić information content (AvgIpc) is 2.56. The van der Waals surface area contributed by atoms with Crippen LogP contribution < -0.4 is 20.5 Å². The van der Waals surface area contributed by atoms with Gasteiger partial charge in [-0.1, -0.05) is 29.8 Å². The fourth-order valence-electron chi connectivity index (χ4n) is 2.31. The number of hydrogen-bond acceptors (Lipinski definition) is 3. The number of ether oxygens (including phenoxy) is 2. The van der Waals surface area contributed by atoms with Gasteiger partial charge in [-0.2, -0.15) is 0 Å². The summed E-state index contributed by atoms with van der Waals surface area (Å²) in [7, 11) is 0. The summed E-state index contributed by atoms with van der Waals surface area (Å²) in [5, 5.41) is 3.10. The molecule has 5 nitrogen and oxygen atoms in total. The maximum absolute atomic E-state index is 6.02. The summed E-state index contributed by atoms with van der Waals surface area (Å²) in [6, 6.07) is 13.8. The van der Waals surface area contributed by atoms with E-state index in [1.807, 2.05) is 44.2 Å². The van der Waals surface area contributed by atoms with Crippen LogP contribution in [0.2, 0.25) is 0 Å². The summed E-state index contributed by atoms with van der Waals surface area (Å²) in [6.07, 6.45) is 0. The zero-order valence-electron chi connectivity index (χ0n) is 14.9. The molecule has 0 unspecified atom stereocenters. The minimum Gasteiger partial charge on any atom is -0.494 e. The highest BCUT2D eigenvalue weighted by Crippen LogP contribution is 2.29. The van der Waals surface area contributed by atoms with E-state index in [1.165, 1.54) is 5.56 Å². The topological polar surface area (TPSA) is 68.9 Å². The average molecular weight is 455 g/mol. The van der Waals surface area contributed by atoms with Gasteiger partial charge in [0, 0.05) is 6.07 Å². The molecule has 3 N–H and O–H groups in total. The van der Waals surface area contributed by atoms with Crippen molar-refractivity contribution in [2.75, 3.05) is 18.5 Å². The molecule has 0 bridgehead atoms. The third-order valence-corrected chi connectivity index (χ3v) is 3.34. The summed E-state index contributed by atoms with van der Waals surface area (Å²) in [5.41, 5.74) is 9.09. The van der Waals surface area contributed by atoms with E-state index in [0.29, 0.717) is 25.7 Å². The first-order valence-electron chi connectivity index (χ1n) is 8.14. The zero-order chi connectivity index (χ0) is 17.4. The lowest BCUT2D eigenvalue weighted by Crippen LogP contribution is -2.23. The number of anilines is 1. The highest BCUT2D eigenvalue weighted by Gasteiger charge is 2.07. The monoisotopic (exact) mass is 455 g/mol. The van der Waals surface area contributed by atoms with Crippen LogP contribution in [0.3, 0.4) is 0 Å². The quantitative estimate of drug-likeness (QED) is 0.371. The van der Waals surface area contributed by atoms with Crippen LogP contribution in [0.5, 0.6) is 11.5 Å². The molecule has 0 aromatic heterocycles. The van der Waals surface area contributed by atoms with Crippen LogP contribution in [0.1, 0.15) is 25.0 Å². The lowest BCUT2D eigenvalue weighted by molar-refractivity contribution is 0.332. The maximum atomic E-state index is 6.02. The summed E-state index contributed by atoms with van der Waals surface area (Å²) in [5.74, 6) is 1.82. The van der Waals surface area contributed by atoms with Crippen molar-refractivity contribution in [1.82, 2.24) is 0 Å². The second kappa shape index (κ2) is 10.8. The Bertz CT molecular complexity index is 705. The van der Waals surface area contributed by atoms with E-state index in [2.05, 4.69) is 29.4 Å². The van der Waals surface area contributed by atoms with Crippen molar-refractivity contribution in [2.45, 2.75) is 27.3 Å². The first-order valence-corrected chi connectivity index (χ1v) is 8.14. The number of guanidine groups is 1. The first-order chi connectivity index (χ1) is 11.6. The van der Waals surface area contributed by atoms with Crippen LogP contribution in [0.4, 0.5) is 5.69 Å². The molecular weight excluding hydrogens is 429 g/mol. The number of hydrogen-bond donors (Lipinski definition) is 2. The third-order valence-electron chi connectivity index (χ3n) is 3.34. The summed E-state index contributed by atoms with van der Waals surface area (Å²) in [6.45, 7) is 7.64. The van der Waals surface area contributed by atoms with Gasteiger partial charge in [0.15, 0.2) is 5.96 Å². The van der Waals surface area contributed by atoms with Crippen molar-refractivity contribution in [1.29, 1.82) is 0 Å². The smallest absolute Gasteiger partial charge is 0.193 e. The highest BCUT2D eigenvalue weighted by atomic mass is 127. The van der Waals surface area contributed by atoms with Gasteiger partial charge in [-0.15, -0.1) is 24.0 Å². The minimum atomic E-state index is 0. The molecule has 6 heteroatoms. The molecule has 0 aliphatic heterocycles. The van der Waals surface area contributed by atoms with Gasteiger partial charge in [-0.25, -0.2) is 4.99 Å². The Morgan fingerprint density at radius 2 is 1.84 bits per heavy atom. The maximum Gasteiger partial charge on any atom is 0.193 e. The van der Waals surface area contributed by atoms with Crippen molar-refractivity contribution < 1.29 is 9.47 Å². The number of nitrogens with zero attached hydrogens (tertiary/aromatic N) is 1. The number of aryl methyl sites for hydroxylation is 1. The molecule has 2 aromatic rings. The van der Waals surface area contributed by atoms with Gasteiger partial charge >= 0.3 is 0 Å². The predicted octanol–water partition coefficient (Wildman–Crippen LogP) is 4.34. The minimum absolute atomic E-state index is 0. The van der Waals surface area contributed by atoms with Crippen LogP contribution >= 0.6 is 24.0 Å². The molecule has 0 atom stereocenters. The van der Waals surface area contributed by atoms with E-state index in [4.69, 9.17) is 15.2 Å². The molecule has 136 valence electrons. The molecule has 0 saturated carbocycles. The lowest BCUT2D eigenvalue weighted by Gasteiger charge is -2.14. The molecule has 0 amide bonds. The fourth-order valence-corrected chi connectivity index (χ4v) is 2.31. The zero-order valence-corrected chi connectivity index (χ0v) is 17.2. The van der Waals surface area contributed by atoms with Crippen molar-refractivity contribution >= 4 is 35.6 Å². The summed E-state index contributed by atoms with van der Waals surface area (Å²) >= 11 is 0. The number of nitrogens with two attached hydrogens (primary N) is 1. The normalized spacial score (nSPS) is 10.8. The second-order valence-corrected chi connectivity index (χ2v) is 5.34. The first kappa shape index (κ1) is 21.1. The Balaban J connectivity index is 0.00000312. The standard InChI is InChI=1S/C19H25N3O2.HI/c1-4-23-16-9-10-18(24-5-2)17(12-16)22-19(20)21-13-15-8-6-7-14(3)11-15;/h6-12H,4-5,13H2,1-3H3,(H3,20,21,22);1H. The Kier molecular flexibility index (Phi) is 9.12. The van der Waals surface area contributed by atoms with Crippen LogP contribution in [0.25, 0.3) is 0 Å². The van der Waals surface area contributed by atoms with Gasteiger partial charge in [0.2, 0.25) is 0 Å². The Morgan fingerprint density at radius 3 is 2.52 bits per heavy atom. The molecule has 0 heterocycles. The molecule has 2 aromatic carbocycles. The molecule has 25 heavy (non-hydrogen) atoms. The Hall–Kier alpha value is -1.96. The summed E-state index contributed by atoms with van der Waals surface area (Å²) < 4.78 is 11.1. The van der Waals surface area contributed by atoms with E-state index in [1.54, 1.807) is 0 Å². The van der Waals surface area contributed by atoms with Crippen molar-refractivity contribution in [2.24, 2.45) is 10.7 Å². The molecule has 0 radical (unpaired) electrons. The SMILES string of the molecule is CCOc1ccc(OCC)c(NC(N)=NCc2cccc(C)c2)c1.I. The number of aliphatic imine (C=N–C) groups is 1. The third kappa shape index (κ3) is 6.81. The van der Waals surface area contributed by atoms with E-state index in [-0.39, 0.29) is 24.0 Å². The fraction of sp³-hybridized carbons (Fsp3) is 0.316. The highest BCUT2D eigenvalue weighted by molar-refractivity contribution is 14.0. The van der Waals surface area contributed by atoms with Crippen molar-refractivity contribution in [3.05, 3.63) is 53.6 Å². The molecule has 0 aliphatic rings. The van der Waals surface area contributed by atoms with E-state index >= 15 is 0 Å². The van der Waals surface area contributed by atoms with E-state index in [0.717, 1.165) is 22.7 Å². The van der Waals surface area contributed by atoms with Crippen molar-refractivity contribution in [3.63, 3.8) is 0 Å². The van der Waals surface area contributed by atoms with Crippen LogP contribution in [0, 0.1) is 6.92 Å². The number of rotatable bonds is 7. The number of halogens is 1. The van der Waals surface area contributed by atoms with Crippen LogP contribution in [-0.2, 0) is 6.54 Å². The molecule has 0 aliphatic carbocycles. The molecule has 0 saturated heterocycles. The van der Waals surface area contributed by atoms with Gasteiger partial charge in [-0.3, -0.25) is 0 Å². The second-order valence-electron chi connectivity index (χ2n) is 5.34. The van der Waals surface area contributed by atoms with Gasteiger partial charge in [-0.05, 0) is 38.5 Å². The van der Waals surface area contributed by atoms with E-state index in [9.17, 15) is 0 Å². The van der Waals surface area contributed by atoms with Crippen LogP contribution in [-0.4, -0.2) is 19.2 Å². The molecular formula is C19H26IN3O2. The summed E-state index contributed by atoms with van der Waals surface area (Å²) in [4.78, 5) is 4.39. The molecule has 0 fully saturated rings. The molecule has 2 rings (SSSR count). The molecule has 0 spiro atoms. The van der Waals surface area contributed by atoms with Crippen LogP contribution in [0.15, 0.2) is 47.5 Å². The Labute approximate surface area is 166 Å². The Morgan fingerprint density at radius 1 is 1.08 bits per heavy atom. The van der Waals surface area contributed by atoms with Crippen molar-refractivity contribution in [3.8, 4) is 11.5 Å². The van der Waals surface area contributed by atoms with Gasteiger partial charge in [0.05, 0.1) is 25.4 Å². The largest absolute Gasteiger partial charge is 0.494 e. The van der Waals surface area contributed by atoms with Gasteiger partial charge < -0.3 is 20.5 Å².